The monoisotopic (exact) mass is 316 g/mol. The minimum atomic E-state index is -0.301. The van der Waals surface area contributed by atoms with Gasteiger partial charge in [-0.3, -0.25) is 0 Å². The number of alkyl carbamates (subject to hydrolysis) is 1. The number of hydrogen-bond donors (Lipinski definition) is 1. The normalized spacial score (nSPS) is 14.9. The molecule has 0 spiro atoms. The highest BCUT2D eigenvalue weighted by atomic mass is 32.1. The molecular weight excluding hydrogens is 296 g/mol. The first-order chi connectivity index (χ1) is 10.8. The molecule has 3 rings (SSSR count). The quantitative estimate of drug-likeness (QED) is 0.906. The van der Waals surface area contributed by atoms with E-state index < -0.39 is 0 Å². The first-order valence-corrected chi connectivity index (χ1v) is 8.63. The number of nitrogens with one attached hydrogen (secondary N) is 1. The van der Waals surface area contributed by atoms with Gasteiger partial charge in [0.05, 0.1) is 5.69 Å². The van der Waals surface area contributed by atoms with Crippen LogP contribution < -0.4 is 5.32 Å². The second kappa shape index (κ2) is 7.40. The van der Waals surface area contributed by atoms with Crippen LogP contribution in [0, 0.1) is 0 Å². The van der Waals surface area contributed by atoms with E-state index >= 15 is 0 Å². The fourth-order valence-corrected chi connectivity index (χ4v) is 3.49. The lowest BCUT2D eigenvalue weighted by Crippen LogP contribution is -2.29. The van der Waals surface area contributed by atoms with Crippen molar-refractivity contribution in [3.05, 3.63) is 41.4 Å². The Hall–Kier alpha value is -1.88. The van der Waals surface area contributed by atoms with Crippen molar-refractivity contribution < 1.29 is 9.53 Å². The van der Waals surface area contributed by atoms with Gasteiger partial charge in [-0.25, -0.2) is 9.78 Å². The van der Waals surface area contributed by atoms with Crippen LogP contribution in [0.3, 0.4) is 0 Å². The molecule has 116 valence electrons. The molecule has 1 aliphatic rings. The van der Waals surface area contributed by atoms with Crippen LogP contribution in [0.4, 0.5) is 4.79 Å². The highest BCUT2D eigenvalue weighted by Gasteiger charge is 2.18. The average Bonchev–Trinajstić information content (AvgIpc) is 3.20. The Kier molecular flexibility index (Phi) is 5.06. The van der Waals surface area contributed by atoms with Gasteiger partial charge in [-0.15, -0.1) is 11.3 Å². The van der Waals surface area contributed by atoms with Gasteiger partial charge in [0, 0.05) is 23.9 Å². The highest BCUT2D eigenvalue weighted by Crippen LogP contribution is 2.23. The molecule has 0 radical (unpaired) electrons. The summed E-state index contributed by atoms with van der Waals surface area (Å²) in [4.78, 5) is 16.3. The van der Waals surface area contributed by atoms with E-state index in [4.69, 9.17) is 4.74 Å². The Morgan fingerprint density at radius 2 is 2.05 bits per heavy atom. The van der Waals surface area contributed by atoms with Crippen molar-refractivity contribution in [1.82, 2.24) is 10.3 Å². The molecular formula is C17H20N2O2S. The zero-order valence-electron chi connectivity index (χ0n) is 12.5. The predicted molar refractivity (Wildman–Crippen MR) is 88.0 cm³/mol. The second-order valence-corrected chi connectivity index (χ2v) is 6.36. The van der Waals surface area contributed by atoms with Crippen molar-refractivity contribution in [3.63, 3.8) is 0 Å². The number of rotatable bonds is 5. The number of amides is 1. The molecule has 4 nitrogen and oxygen atoms in total. The summed E-state index contributed by atoms with van der Waals surface area (Å²) in [6.45, 7) is 0.559. The minimum absolute atomic E-state index is 0.115. The van der Waals surface area contributed by atoms with Crippen molar-refractivity contribution >= 4 is 17.4 Å². The molecule has 1 aromatic carbocycles. The van der Waals surface area contributed by atoms with Crippen molar-refractivity contribution in [2.75, 3.05) is 6.54 Å². The molecule has 0 bridgehead atoms. The highest BCUT2D eigenvalue weighted by molar-refractivity contribution is 7.13. The number of carbonyl (C=O) groups is 1. The number of benzene rings is 1. The van der Waals surface area contributed by atoms with E-state index in [9.17, 15) is 4.79 Å². The number of carbonyl (C=O) groups excluding carboxylic acids is 1. The van der Waals surface area contributed by atoms with E-state index in [1.54, 1.807) is 11.3 Å². The molecule has 22 heavy (non-hydrogen) atoms. The first-order valence-electron chi connectivity index (χ1n) is 7.75. The van der Waals surface area contributed by atoms with Gasteiger partial charge in [0.15, 0.2) is 0 Å². The molecule has 1 aromatic heterocycles. The van der Waals surface area contributed by atoms with Gasteiger partial charge >= 0.3 is 6.09 Å². The Balaban J connectivity index is 1.44. The van der Waals surface area contributed by atoms with E-state index in [0.717, 1.165) is 35.5 Å². The molecule has 1 aliphatic carbocycles. The summed E-state index contributed by atoms with van der Waals surface area (Å²) in [5.74, 6) is 0. The van der Waals surface area contributed by atoms with E-state index in [2.05, 4.69) is 22.4 Å². The maximum absolute atomic E-state index is 11.7. The molecule has 1 heterocycles. The van der Waals surface area contributed by atoms with Gasteiger partial charge in [0.2, 0.25) is 0 Å². The van der Waals surface area contributed by atoms with Crippen LogP contribution in [0.5, 0.6) is 0 Å². The maximum atomic E-state index is 11.7. The number of hydrogen-bond acceptors (Lipinski definition) is 4. The maximum Gasteiger partial charge on any atom is 0.407 e. The van der Waals surface area contributed by atoms with Gasteiger partial charge in [-0.2, -0.15) is 0 Å². The Labute approximate surface area is 134 Å². The largest absolute Gasteiger partial charge is 0.446 e. The molecule has 0 aliphatic heterocycles. The molecule has 2 aromatic rings. The Morgan fingerprint density at radius 3 is 2.82 bits per heavy atom. The van der Waals surface area contributed by atoms with Crippen LogP contribution in [0.2, 0.25) is 0 Å². The molecule has 1 fully saturated rings. The lowest BCUT2D eigenvalue weighted by Gasteiger charge is -2.11. The summed E-state index contributed by atoms with van der Waals surface area (Å²) < 4.78 is 5.36. The Morgan fingerprint density at radius 1 is 1.27 bits per heavy atom. The van der Waals surface area contributed by atoms with Crippen molar-refractivity contribution in [2.24, 2.45) is 0 Å². The van der Waals surface area contributed by atoms with Gasteiger partial charge in [0.1, 0.15) is 11.1 Å². The van der Waals surface area contributed by atoms with Gasteiger partial charge < -0.3 is 10.1 Å². The summed E-state index contributed by atoms with van der Waals surface area (Å²) in [5.41, 5.74) is 2.14. The summed E-state index contributed by atoms with van der Waals surface area (Å²) in [7, 11) is 0. The van der Waals surface area contributed by atoms with E-state index in [-0.39, 0.29) is 12.2 Å². The molecule has 0 atom stereocenters. The fraction of sp³-hybridized carbons (Fsp3) is 0.412. The predicted octanol–water partition coefficient (Wildman–Crippen LogP) is 4.02. The summed E-state index contributed by atoms with van der Waals surface area (Å²) in [6.07, 6.45) is 4.87. The van der Waals surface area contributed by atoms with Crippen LogP contribution in [0.25, 0.3) is 10.6 Å². The van der Waals surface area contributed by atoms with Crippen molar-refractivity contribution in [2.45, 2.75) is 38.2 Å². The molecule has 5 heteroatoms. The third-order valence-corrected chi connectivity index (χ3v) is 4.74. The minimum Gasteiger partial charge on any atom is -0.446 e. The third kappa shape index (κ3) is 4.07. The third-order valence-electron chi connectivity index (χ3n) is 3.80. The summed E-state index contributed by atoms with van der Waals surface area (Å²) in [6, 6.07) is 10.1. The number of ether oxygens (including phenoxy) is 1. The zero-order chi connectivity index (χ0) is 15.2. The smallest absolute Gasteiger partial charge is 0.407 e. The molecule has 0 unspecified atom stereocenters. The second-order valence-electron chi connectivity index (χ2n) is 5.50. The van der Waals surface area contributed by atoms with Crippen molar-refractivity contribution in [1.29, 1.82) is 0 Å². The Bertz CT molecular complexity index is 606. The average molecular weight is 316 g/mol. The standard InChI is InChI=1S/C17H20N2O2S/c20-17(21-15-8-4-5-9-15)18-11-10-14-12-22-16(19-14)13-6-2-1-3-7-13/h1-3,6-7,12,15H,4-5,8-11H2,(H,18,20). The number of nitrogens with zero attached hydrogens (tertiary/aromatic N) is 1. The van der Waals surface area contributed by atoms with Crippen LogP contribution in [0.15, 0.2) is 35.7 Å². The van der Waals surface area contributed by atoms with E-state index in [1.165, 1.54) is 12.8 Å². The lowest BCUT2D eigenvalue weighted by molar-refractivity contribution is 0.101. The SMILES string of the molecule is O=C(NCCc1csc(-c2ccccc2)n1)OC1CCCC1. The number of aromatic nitrogens is 1. The fourth-order valence-electron chi connectivity index (χ4n) is 2.63. The van der Waals surface area contributed by atoms with Gasteiger partial charge in [-0.05, 0) is 25.7 Å². The van der Waals surface area contributed by atoms with Gasteiger partial charge in [-0.1, -0.05) is 30.3 Å². The van der Waals surface area contributed by atoms with E-state index in [0.29, 0.717) is 6.54 Å². The summed E-state index contributed by atoms with van der Waals surface area (Å²) in [5, 5.41) is 5.88. The number of thiazole rings is 1. The van der Waals surface area contributed by atoms with Crippen LogP contribution in [0.1, 0.15) is 31.4 Å². The van der Waals surface area contributed by atoms with Crippen molar-refractivity contribution in [3.8, 4) is 10.6 Å². The molecule has 0 saturated heterocycles. The van der Waals surface area contributed by atoms with E-state index in [1.807, 2.05) is 23.6 Å². The van der Waals surface area contributed by atoms with Crippen LogP contribution >= 0.6 is 11.3 Å². The topological polar surface area (TPSA) is 51.2 Å². The molecule has 1 amide bonds. The zero-order valence-corrected chi connectivity index (χ0v) is 13.3. The first kappa shape index (κ1) is 15.0. The lowest BCUT2D eigenvalue weighted by atomic mass is 10.2. The summed E-state index contributed by atoms with van der Waals surface area (Å²) >= 11 is 1.63. The van der Waals surface area contributed by atoms with Crippen LogP contribution in [-0.2, 0) is 11.2 Å². The van der Waals surface area contributed by atoms with Gasteiger partial charge in [0.25, 0.3) is 0 Å². The van der Waals surface area contributed by atoms with Crippen LogP contribution in [-0.4, -0.2) is 23.7 Å². The molecule has 1 saturated carbocycles. The molecule has 1 N–H and O–H groups in total.